The van der Waals surface area contributed by atoms with E-state index in [2.05, 4.69) is 217 Å². The van der Waals surface area contributed by atoms with Crippen LogP contribution in [0.3, 0.4) is 0 Å². The second kappa shape index (κ2) is 13.1. The summed E-state index contributed by atoms with van der Waals surface area (Å²) in [7, 11) is 0. The van der Waals surface area contributed by atoms with Gasteiger partial charge in [-0.05, 0) is 122 Å². The van der Waals surface area contributed by atoms with Gasteiger partial charge in [0.2, 0.25) is 0 Å². The van der Waals surface area contributed by atoms with Gasteiger partial charge >= 0.3 is 0 Å². The van der Waals surface area contributed by atoms with Crippen molar-refractivity contribution in [2.45, 2.75) is 6.92 Å². The van der Waals surface area contributed by atoms with Gasteiger partial charge in [0, 0.05) is 33.1 Å². The van der Waals surface area contributed by atoms with Gasteiger partial charge in [-0.3, -0.25) is 0 Å². The average molecular weight is 727 g/mol. The van der Waals surface area contributed by atoms with Crippen LogP contribution < -0.4 is 0 Å². The minimum absolute atomic E-state index is 1.10. The van der Waals surface area contributed by atoms with Gasteiger partial charge in [-0.25, -0.2) is 0 Å². The molecule has 0 saturated heterocycles. The van der Waals surface area contributed by atoms with E-state index in [9.17, 15) is 0 Å². The first-order chi connectivity index (χ1) is 28.2. The maximum Gasteiger partial charge on any atom is 0.0541 e. The topological polar surface area (TPSA) is 9.86 Å². The number of rotatable bonds is 6. The fraction of sp³-hybridized carbons (Fsp3) is 0.0182. The van der Waals surface area contributed by atoms with Crippen LogP contribution in [0, 0.1) is 0 Å². The number of hydrogen-bond donors (Lipinski definition) is 0. The van der Waals surface area contributed by atoms with Crippen LogP contribution in [0.2, 0.25) is 0 Å². The molecule has 0 spiro atoms. The Bertz CT molecular complexity index is 3350. The molecule has 0 unspecified atom stereocenters. The molecule has 2 heterocycles. The molecule has 0 amide bonds. The molecular formula is C55H38N2. The lowest BCUT2D eigenvalue weighted by Crippen LogP contribution is -1.97. The first kappa shape index (κ1) is 33.0. The van der Waals surface area contributed by atoms with Crippen LogP contribution in [0.1, 0.15) is 18.2 Å². The quantitative estimate of drug-likeness (QED) is 0.151. The first-order valence-corrected chi connectivity index (χ1v) is 19.7. The highest BCUT2D eigenvalue weighted by molar-refractivity contribution is 6.24. The summed E-state index contributed by atoms with van der Waals surface area (Å²) in [6.07, 6.45) is 6.26. The van der Waals surface area contributed by atoms with E-state index in [0.29, 0.717) is 0 Å². The Labute approximate surface area is 331 Å². The third-order valence-electron chi connectivity index (χ3n) is 11.8. The molecule has 57 heavy (non-hydrogen) atoms. The van der Waals surface area contributed by atoms with E-state index in [1.54, 1.807) is 0 Å². The van der Waals surface area contributed by atoms with Crippen LogP contribution in [-0.4, -0.2) is 9.13 Å². The predicted molar refractivity (Wildman–Crippen MR) is 246 cm³/mol. The first-order valence-electron chi connectivity index (χ1n) is 19.7. The summed E-state index contributed by atoms with van der Waals surface area (Å²) in [5.41, 5.74) is 13.0. The Kier molecular flexibility index (Phi) is 7.58. The fourth-order valence-electron chi connectivity index (χ4n) is 9.32. The van der Waals surface area contributed by atoms with Crippen molar-refractivity contribution in [1.82, 2.24) is 9.13 Å². The lowest BCUT2D eigenvalue weighted by atomic mass is 9.87. The Hall–Kier alpha value is -7.42. The number of allylic oxidation sites excluding steroid dienone is 1. The molecule has 2 aromatic heterocycles. The molecule has 268 valence electrons. The third kappa shape index (κ3) is 5.04. The second-order valence-electron chi connectivity index (χ2n) is 14.9. The van der Waals surface area contributed by atoms with Crippen molar-refractivity contribution in [3.8, 4) is 33.6 Å². The second-order valence-corrected chi connectivity index (χ2v) is 14.9. The summed E-state index contributed by atoms with van der Waals surface area (Å²) in [4.78, 5) is 0. The van der Waals surface area contributed by atoms with Crippen molar-refractivity contribution in [3.63, 3.8) is 0 Å². The summed E-state index contributed by atoms with van der Waals surface area (Å²) >= 11 is 0. The van der Waals surface area contributed by atoms with Gasteiger partial charge in [0.05, 0.1) is 22.2 Å². The van der Waals surface area contributed by atoms with Crippen molar-refractivity contribution >= 4 is 77.2 Å². The van der Waals surface area contributed by atoms with Gasteiger partial charge in [-0.15, -0.1) is 0 Å². The minimum Gasteiger partial charge on any atom is -0.309 e. The van der Waals surface area contributed by atoms with Gasteiger partial charge in [-0.2, -0.15) is 0 Å². The molecule has 11 aromatic rings. The van der Waals surface area contributed by atoms with Crippen LogP contribution >= 0.6 is 0 Å². The third-order valence-corrected chi connectivity index (χ3v) is 11.8. The standard InChI is InChI=1S/C55H38N2/c1-3-15-44-45-20-9-12-23-53(45)56(52(44)4-2)38-30-26-36(27-31-38)48-34-50-43-19-8-6-17-41(43)49(35-51(50)42-18-7-5-16-40(42)48)37-28-32-39(33-29-37)57-54-24-13-10-21-46(54)47-22-11-14-25-55(47)57/h3-35H,2H2,1H3/b15-3-. The van der Waals surface area contributed by atoms with Crippen LogP contribution in [0.25, 0.3) is 111 Å². The lowest BCUT2D eigenvalue weighted by molar-refractivity contribution is 1.11. The molecule has 0 bridgehead atoms. The van der Waals surface area contributed by atoms with Crippen LogP contribution in [0.4, 0.5) is 0 Å². The summed E-state index contributed by atoms with van der Waals surface area (Å²) < 4.78 is 4.71. The normalized spacial score (nSPS) is 11.9. The Morgan fingerprint density at radius 3 is 1.23 bits per heavy atom. The van der Waals surface area contributed by atoms with Gasteiger partial charge in [0.25, 0.3) is 0 Å². The highest BCUT2D eigenvalue weighted by atomic mass is 15.0. The number of benzene rings is 9. The van der Waals surface area contributed by atoms with Crippen molar-refractivity contribution in [2.24, 2.45) is 0 Å². The number of para-hydroxylation sites is 3. The molecule has 2 nitrogen and oxygen atoms in total. The fourth-order valence-corrected chi connectivity index (χ4v) is 9.32. The Balaban J connectivity index is 1.06. The smallest absolute Gasteiger partial charge is 0.0541 e. The van der Waals surface area contributed by atoms with Crippen molar-refractivity contribution < 1.29 is 0 Å². The van der Waals surface area contributed by atoms with Gasteiger partial charge in [0.1, 0.15) is 0 Å². The molecule has 11 rings (SSSR count). The zero-order chi connectivity index (χ0) is 38.0. The van der Waals surface area contributed by atoms with E-state index in [-0.39, 0.29) is 0 Å². The molecule has 0 radical (unpaired) electrons. The van der Waals surface area contributed by atoms with E-state index >= 15 is 0 Å². The minimum atomic E-state index is 1.10. The largest absolute Gasteiger partial charge is 0.309 e. The van der Waals surface area contributed by atoms with Gasteiger partial charge < -0.3 is 9.13 Å². The summed E-state index contributed by atoms with van der Waals surface area (Å²) in [6.45, 7) is 6.28. The van der Waals surface area contributed by atoms with E-state index in [1.807, 2.05) is 6.08 Å². The summed E-state index contributed by atoms with van der Waals surface area (Å²) in [5.74, 6) is 0. The predicted octanol–water partition coefficient (Wildman–Crippen LogP) is 15.2. The van der Waals surface area contributed by atoms with Crippen LogP contribution in [-0.2, 0) is 0 Å². The average Bonchev–Trinajstić information content (AvgIpc) is 3.78. The molecular weight excluding hydrogens is 689 g/mol. The Morgan fingerprint density at radius 2 is 0.772 bits per heavy atom. The zero-order valence-electron chi connectivity index (χ0n) is 31.7. The highest BCUT2D eigenvalue weighted by Gasteiger charge is 2.18. The van der Waals surface area contributed by atoms with Crippen molar-refractivity contribution in [3.05, 3.63) is 206 Å². The lowest BCUT2D eigenvalue weighted by Gasteiger charge is -2.17. The highest BCUT2D eigenvalue weighted by Crippen LogP contribution is 2.43. The number of fused-ring (bicyclic) bond motifs is 9. The Morgan fingerprint density at radius 1 is 0.386 bits per heavy atom. The molecule has 0 aliphatic rings. The molecule has 0 N–H and O–H groups in total. The monoisotopic (exact) mass is 726 g/mol. The zero-order valence-corrected chi connectivity index (χ0v) is 31.7. The molecule has 0 fully saturated rings. The maximum absolute atomic E-state index is 4.21. The maximum atomic E-state index is 4.21. The van der Waals surface area contributed by atoms with E-state index in [4.69, 9.17) is 0 Å². The number of aromatic nitrogens is 2. The van der Waals surface area contributed by atoms with E-state index in [1.165, 1.54) is 92.8 Å². The SMILES string of the molecule is C=Cc1c(/C=C\C)c2ccccc2n1-c1ccc(-c2cc3c4ccccc4c(-c4ccc(-n5c6ccccc6c6ccccc65)cc4)cc3c3ccccc23)cc1. The van der Waals surface area contributed by atoms with E-state index < -0.39 is 0 Å². The van der Waals surface area contributed by atoms with Crippen molar-refractivity contribution in [1.29, 1.82) is 0 Å². The summed E-state index contributed by atoms with van der Waals surface area (Å²) in [6, 6.07) is 66.8. The number of nitrogens with zero attached hydrogens (tertiary/aromatic N) is 2. The van der Waals surface area contributed by atoms with Crippen LogP contribution in [0.15, 0.2) is 195 Å². The molecule has 2 heteroatoms. The molecule has 0 saturated carbocycles. The molecule has 9 aromatic carbocycles. The number of hydrogen-bond acceptors (Lipinski definition) is 0. The van der Waals surface area contributed by atoms with Gasteiger partial charge in [0.15, 0.2) is 0 Å². The molecule has 0 atom stereocenters. The summed E-state index contributed by atoms with van der Waals surface area (Å²) in [5, 5.41) is 11.3. The molecule has 0 aliphatic carbocycles. The van der Waals surface area contributed by atoms with E-state index in [0.717, 1.165) is 17.1 Å². The molecule has 0 aliphatic heterocycles. The van der Waals surface area contributed by atoms with Gasteiger partial charge in [-0.1, -0.05) is 146 Å². The van der Waals surface area contributed by atoms with Crippen LogP contribution in [0.5, 0.6) is 0 Å². The van der Waals surface area contributed by atoms with Crippen molar-refractivity contribution in [2.75, 3.05) is 0 Å².